The topological polar surface area (TPSA) is 76.7 Å². The third kappa shape index (κ3) is 3.17. The summed E-state index contributed by atoms with van der Waals surface area (Å²) in [6.45, 7) is 2.33. The van der Waals surface area contributed by atoms with E-state index in [-0.39, 0.29) is 11.5 Å². The van der Waals surface area contributed by atoms with Crippen molar-refractivity contribution in [2.45, 2.75) is 13.0 Å². The van der Waals surface area contributed by atoms with Crippen molar-refractivity contribution in [1.29, 1.82) is 0 Å². The quantitative estimate of drug-likeness (QED) is 0.642. The number of urea groups is 1. The molecule has 2 N–H and O–H groups in total. The monoisotopic (exact) mass is 324 g/mol. The van der Waals surface area contributed by atoms with E-state index in [2.05, 4.69) is 10.6 Å². The van der Waals surface area contributed by atoms with Crippen LogP contribution < -0.4 is 15.4 Å². The summed E-state index contributed by atoms with van der Waals surface area (Å²) in [6.07, 6.45) is 0. The minimum atomic E-state index is -0.683. The number of benzene rings is 1. The van der Waals surface area contributed by atoms with Gasteiger partial charge in [-0.25, -0.2) is 9.59 Å². The summed E-state index contributed by atoms with van der Waals surface area (Å²) in [4.78, 5) is 24.0. The summed E-state index contributed by atoms with van der Waals surface area (Å²) in [7, 11) is 1.28. The van der Waals surface area contributed by atoms with Crippen molar-refractivity contribution in [2.24, 2.45) is 0 Å². The SMILES string of the molecule is CCOc1ccccc1[C@H]1NC(=O)NC(CCl)=C1C(=O)OC. The van der Waals surface area contributed by atoms with Gasteiger partial charge in [-0.05, 0) is 13.0 Å². The molecule has 0 saturated heterocycles. The van der Waals surface area contributed by atoms with Gasteiger partial charge in [0.25, 0.3) is 0 Å². The number of carbonyl (C=O) groups excluding carboxylic acids is 2. The zero-order valence-corrected chi connectivity index (χ0v) is 13.1. The lowest BCUT2D eigenvalue weighted by Crippen LogP contribution is -2.46. The van der Waals surface area contributed by atoms with Gasteiger partial charge in [0.05, 0.1) is 31.2 Å². The molecule has 1 aliphatic heterocycles. The molecule has 22 heavy (non-hydrogen) atoms. The molecule has 1 aliphatic rings. The Hall–Kier alpha value is -2.21. The molecular formula is C15H17ClN2O4. The van der Waals surface area contributed by atoms with Crippen LogP contribution in [0.3, 0.4) is 0 Å². The Labute approximate surface area is 133 Å². The molecule has 1 aromatic carbocycles. The summed E-state index contributed by atoms with van der Waals surface area (Å²) in [6, 6.07) is 6.08. The highest BCUT2D eigenvalue weighted by atomic mass is 35.5. The Balaban J connectivity index is 2.55. The number of amides is 2. The number of halogens is 1. The maximum atomic E-state index is 12.1. The summed E-state index contributed by atoms with van der Waals surface area (Å²) < 4.78 is 10.4. The second kappa shape index (κ2) is 7.17. The first-order chi connectivity index (χ1) is 10.6. The molecule has 0 aromatic heterocycles. The van der Waals surface area contributed by atoms with Crippen LogP contribution in [0.2, 0.25) is 0 Å². The summed E-state index contributed by atoms with van der Waals surface area (Å²) in [5.74, 6) is 0.0255. The standard InChI is InChI=1S/C15H17ClN2O4/c1-3-22-11-7-5-4-6-9(11)13-12(14(19)21-2)10(8-16)17-15(20)18-13/h4-7,13H,3,8H2,1-2H3,(H2,17,18,20)/t13-/m1/s1. The summed E-state index contributed by atoms with van der Waals surface area (Å²) >= 11 is 5.86. The van der Waals surface area contributed by atoms with Gasteiger partial charge in [-0.15, -0.1) is 11.6 Å². The Bertz CT molecular complexity index is 615. The van der Waals surface area contributed by atoms with E-state index in [9.17, 15) is 9.59 Å². The van der Waals surface area contributed by atoms with Gasteiger partial charge in [-0.1, -0.05) is 18.2 Å². The number of methoxy groups -OCH3 is 1. The maximum Gasteiger partial charge on any atom is 0.338 e. The van der Waals surface area contributed by atoms with Gasteiger partial charge in [-0.2, -0.15) is 0 Å². The normalized spacial score (nSPS) is 17.6. The van der Waals surface area contributed by atoms with Gasteiger partial charge in [0, 0.05) is 11.3 Å². The molecule has 0 bridgehead atoms. The highest BCUT2D eigenvalue weighted by molar-refractivity contribution is 6.20. The van der Waals surface area contributed by atoms with Crippen LogP contribution >= 0.6 is 11.6 Å². The molecule has 2 rings (SSSR count). The minimum absolute atomic E-state index is 0.00877. The number of hydrogen-bond donors (Lipinski definition) is 2. The third-order valence-corrected chi connectivity index (χ3v) is 3.49. The minimum Gasteiger partial charge on any atom is -0.494 e. The largest absolute Gasteiger partial charge is 0.494 e. The zero-order valence-electron chi connectivity index (χ0n) is 12.3. The van der Waals surface area contributed by atoms with Crippen molar-refractivity contribution in [1.82, 2.24) is 10.6 Å². The Kier molecular flexibility index (Phi) is 5.27. The lowest BCUT2D eigenvalue weighted by atomic mass is 9.95. The fourth-order valence-corrected chi connectivity index (χ4v) is 2.52. The number of rotatable bonds is 5. The van der Waals surface area contributed by atoms with E-state index < -0.39 is 18.0 Å². The van der Waals surface area contributed by atoms with Crippen molar-refractivity contribution in [2.75, 3.05) is 19.6 Å². The lowest BCUT2D eigenvalue weighted by Gasteiger charge is -2.29. The van der Waals surface area contributed by atoms with E-state index in [1.165, 1.54) is 7.11 Å². The number of ether oxygens (including phenoxy) is 2. The first-order valence-electron chi connectivity index (χ1n) is 6.78. The maximum absolute atomic E-state index is 12.1. The Morgan fingerprint density at radius 1 is 1.36 bits per heavy atom. The summed E-state index contributed by atoms with van der Waals surface area (Å²) in [5.41, 5.74) is 1.26. The van der Waals surface area contributed by atoms with Crippen LogP contribution in [0.1, 0.15) is 18.5 Å². The average Bonchev–Trinajstić information content (AvgIpc) is 2.54. The molecule has 0 spiro atoms. The van der Waals surface area contributed by atoms with Crippen LogP contribution in [0.15, 0.2) is 35.5 Å². The van der Waals surface area contributed by atoms with Crippen LogP contribution in [0.5, 0.6) is 5.75 Å². The molecule has 7 heteroatoms. The molecular weight excluding hydrogens is 308 g/mol. The van der Waals surface area contributed by atoms with Crippen LogP contribution in [0.25, 0.3) is 0 Å². The fraction of sp³-hybridized carbons (Fsp3) is 0.333. The van der Waals surface area contributed by atoms with Gasteiger partial charge < -0.3 is 20.1 Å². The number of carbonyl (C=O) groups is 2. The molecule has 1 aromatic rings. The van der Waals surface area contributed by atoms with E-state index in [0.717, 1.165) is 0 Å². The van der Waals surface area contributed by atoms with Crippen LogP contribution in [-0.4, -0.2) is 31.6 Å². The van der Waals surface area contributed by atoms with Crippen molar-refractivity contribution in [3.8, 4) is 5.75 Å². The van der Waals surface area contributed by atoms with Crippen LogP contribution in [0.4, 0.5) is 4.79 Å². The van der Waals surface area contributed by atoms with Crippen LogP contribution in [-0.2, 0) is 9.53 Å². The molecule has 0 fully saturated rings. The first-order valence-corrected chi connectivity index (χ1v) is 7.32. The molecule has 1 heterocycles. The number of para-hydroxylation sites is 1. The van der Waals surface area contributed by atoms with Crippen molar-refractivity contribution in [3.63, 3.8) is 0 Å². The number of nitrogens with one attached hydrogen (secondary N) is 2. The highest BCUT2D eigenvalue weighted by Crippen LogP contribution is 2.33. The average molecular weight is 325 g/mol. The number of esters is 1. The second-order valence-electron chi connectivity index (χ2n) is 4.52. The highest BCUT2D eigenvalue weighted by Gasteiger charge is 2.34. The molecule has 0 aliphatic carbocycles. The third-order valence-electron chi connectivity index (χ3n) is 3.22. The second-order valence-corrected chi connectivity index (χ2v) is 4.79. The smallest absolute Gasteiger partial charge is 0.338 e. The van der Waals surface area contributed by atoms with E-state index in [4.69, 9.17) is 21.1 Å². The Morgan fingerprint density at radius 3 is 2.73 bits per heavy atom. The van der Waals surface area contributed by atoms with Gasteiger partial charge in [0.1, 0.15) is 5.75 Å². The number of alkyl halides is 1. The molecule has 0 unspecified atom stereocenters. The van der Waals surface area contributed by atoms with Gasteiger partial charge in [-0.3, -0.25) is 0 Å². The van der Waals surface area contributed by atoms with E-state index in [1.54, 1.807) is 18.2 Å². The van der Waals surface area contributed by atoms with Gasteiger partial charge in [0.15, 0.2) is 0 Å². The number of allylic oxidation sites excluding steroid dienone is 1. The van der Waals surface area contributed by atoms with Crippen molar-refractivity contribution < 1.29 is 19.1 Å². The zero-order chi connectivity index (χ0) is 16.1. The Morgan fingerprint density at radius 2 is 2.09 bits per heavy atom. The molecule has 118 valence electrons. The molecule has 0 radical (unpaired) electrons. The predicted molar refractivity (Wildman–Crippen MR) is 81.8 cm³/mol. The van der Waals surface area contributed by atoms with Crippen LogP contribution in [0, 0.1) is 0 Å². The molecule has 1 atom stereocenters. The van der Waals surface area contributed by atoms with Crippen molar-refractivity contribution in [3.05, 3.63) is 41.1 Å². The molecule has 0 saturated carbocycles. The summed E-state index contributed by atoms with van der Waals surface area (Å²) in [5, 5.41) is 5.25. The van der Waals surface area contributed by atoms with E-state index in [0.29, 0.717) is 23.6 Å². The van der Waals surface area contributed by atoms with Crippen molar-refractivity contribution >= 4 is 23.6 Å². The predicted octanol–water partition coefficient (Wildman–Crippen LogP) is 2.11. The first kappa shape index (κ1) is 16.2. The lowest BCUT2D eigenvalue weighted by molar-refractivity contribution is -0.136. The van der Waals surface area contributed by atoms with Gasteiger partial charge >= 0.3 is 12.0 Å². The fourth-order valence-electron chi connectivity index (χ4n) is 2.31. The van der Waals surface area contributed by atoms with E-state index in [1.807, 2.05) is 13.0 Å². The number of hydrogen-bond acceptors (Lipinski definition) is 4. The molecule has 2 amide bonds. The van der Waals surface area contributed by atoms with Gasteiger partial charge in [0.2, 0.25) is 0 Å². The molecule has 6 nitrogen and oxygen atoms in total. The van der Waals surface area contributed by atoms with E-state index >= 15 is 0 Å².